The van der Waals surface area contributed by atoms with E-state index < -0.39 is 0 Å². The highest BCUT2D eigenvalue weighted by molar-refractivity contribution is 5.87. The van der Waals surface area contributed by atoms with Crippen LogP contribution in [0.25, 0.3) is 10.8 Å². The van der Waals surface area contributed by atoms with Gasteiger partial charge < -0.3 is 5.32 Å². The van der Waals surface area contributed by atoms with Crippen molar-refractivity contribution in [3.8, 4) is 0 Å². The zero-order valence-electron chi connectivity index (χ0n) is 18.7. The highest BCUT2D eigenvalue weighted by Gasteiger charge is 2.36. The van der Waals surface area contributed by atoms with Gasteiger partial charge in [0.25, 0.3) is 0 Å². The van der Waals surface area contributed by atoms with Crippen molar-refractivity contribution in [3.05, 3.63) is 83.9 Å². The number of nitrogens with one attached hydrogen (secondary N) is 2. The number of hydrogen-bond acceptors (Lipinski definition) is 4. The fourth-order valence-corrected chi connectivity index (χ4v) is 5.07. The van der Waals surface area contributed by atoms with Gasteiger partial charge in [-0.3, -0.25) is 19.9 Å². The predicted octanol–water partition coefficient (Wildman–Crippen LogP) is 3.21. The van der Waals surface area contributed by atoms with Crippen LogP contribution < -0.4 is 10.6 Å². The van der Waals surface area contributed by atoms with E-state index in [1.54, 1.807) is 0 Å². The first-order chi connectivity index (χ1) is 15.7. The predicted molar refractivity (Wildman–Crippen MR) is 129 cm³/mol. The SMILES string of the molecule is CC1NC(N2CCN(Cc3ccccc3)CC2)NC(=O)C1Cc1cccc2ccccc12. The van der Waals surface area contributed by atoms with Crippen molar-refractivity contribution in [2.24, 2.45) is 5.92 Å². The van der Waals surface area contributed by atoms with Crippen LogP contribution in [0, 0.1) is 5.92 Å². The van der Waals surface area contributed by atoms with E-state index in [-0.39, 0.29) is 24.2 Å². The first-order valence-electron chi connectivity index (χ1n) is 11.7. The molecular weight excluding hydrogens is 396 g/mol. The van der Waals surface area contributed by atoms with Crippen molar-refractivity contribution in [1.29, 1.82) is 0 Å². The molecule has 0 spiro atoms. The van der Waals surface area contributed by atoms with Gasteiger partial charge in [-0.15, -0.1) is 0 Å². The Morgan fingerprint density at radius 1 is 0.875 bits per heavy atom. The molecule has 1 amide bonds. The van der Waals surface area contributed by atoms with E-state index in [9.17, 15) is 4.79 Å². The summed E-state index contributed by atoms with van der Waals surface area (Å²) >= 11 is 0. The molecule has 3 aromatic carbocycles. The smallest absolute Gasteiger partial charge is 0.227 e. The van der Waals surface area contributed by atoms with E-state index in [2.05, 4.69) is 100 Å². The molecule has 5 heteroatoms. The average Bonchev–Trinajstić information content (AvgIpc) is 2.82. The highest BCUT2D eigenvalue weighted by atomic mass is 16.2. The Hall–Kier alpha value is -2.73. The molecule has 2 heterocycles. The molecule has 3 unspecified atom stereocenters. The molecule has 2 aliphatic heterocycles. The van der Waals surface area contributed by atoms with Gasteiger partial charge in [-0.05, 0) is 35.2 Å². The lowest BCUT2D eigenvalue weighted by atomic mass is 9.88. The number of rotatable bonds is 5. The molecule has 2 aliphatic rings. The molecule has 2 fully saturated rings. The fourth-order valence-electron chi connectivity index (χ4n) is 5.07. The van der Waals surface area contributed by atoms with Crippen LogP contribution in [0.4, 0.5) is 0 Å². The third-order valence-corrected chi connectivity index (χ3v) is 6.98. The van der Waals surface area contributed by atoms with Gasteiger partial charge in [0.15, 0.2) is 0 Å². The quantitative estimate of drug-likeness (QED) is 0.655. The summed E-state index contributed by atoms with van der Waals surface area (Å²) in [4.78, 5) is 18.0. The summed E-state index contributed by atoms with van der Waals surface area (Å²) in [6.45, 7) is 7.06. The summed E-state index contributed by atoms with van der Waals surface area (Å²) < 4.78 is 0. The Labute approximate surface area is 190 Å². The molecule has 5 rings (SSSR count). The van der Waals surface area contributed by atoms with Crippen LogP contribution in [0.2, 0.25) is 0 Å². The lowest BCUT2D eigenvalue weighted by molar-refractivity contribution is -0.132. The Bertz CT molecular complexity index is 1060. The zero-order valence-corrected chi connectivity index (χ0v) is 18.7. The van der Waals surface area contributed by atoms with E-state index >= 15 is 0 Å². The van der Waals surface area contributed by atoms with Crippen LogP contribution in [0.5, 0.6) is 0 Å². The molecule has 32 heavy (non-hydrogen) atoms. The Kier molecular flexibility index (Phi) is 6.21. The standard InChI is InChI=1S/C27H32N4O/c1-20-25(18-23-12-7-11-22-10-5-6-13-24(22)23)26(32)29-27(28-20)31-16-14-30(15-17-31)19-21-8-3-2-4-9-21/h2-13,20,25,27-28H,14-19H2,1H3,(H,29,32). The minimum absolute atomic E-state index is 0.0728. The van der Waals surface area contributed by atoms with Crippen LogP contribution >= 0.6 is 0 Å². The normalized spacial score (nSPS) is 25.0. The molecule has 2 N–H and O–H groups in total. The lowest BCUT2D eigenvalue weighted by Gasteiger charge is -2.44. The summed E-state index contributed by atoms with van der Waals surface area (Å²) in [5, 5.41) is 9.40. The van der Waals surface area contributed by atoms with E-state index in [0.29, 0.717) is 0 Å². The molecular formula is C27H32N4O. The largest absolute Gasteiger partial charge is 0.328 e. The number of amides is 1. The Morgan fingerprint density at radius 2 is 1.59 bits per heavy atom. The van der Waals surface area contributed by atoms with Crippen molar-refractivity contribution in [1.82, 2.24) is 20.4 Å². The maximum Gasteiger partial charge on any atom is 0.227 e. The van der Waals surface area contributed by atoms with Crippen molar-refractivity contribution >= 4 is 16.7 Å². The van der Waals surface area contributed by atoms with Gasteiger partial charge in [0.2, 0.25) is 5.91 Å². The summed E-state index contributed by atoms with van der Waals surface area (Å²) in [5.74, 6) is 0.0809. The number of hydrogen-bond donors (Lipinski definition) is 2. The molecule has 0 aliphatic carbocycles. The van der Waals surface area contributed by atoms with Crippen molar-refractivity contribution < 1.29 is 4.79 Å². The second kappa shape index (κ2) is 9.41. The topological polar surface area (TPSA) is 47.6 Å². The second-order valence-electron chi connectivity index (χ2n) is 9.11. The van der Waals surface area contributed by atoms with Gasteiger partial charge in [-0.2, -0.15) is 0 Å². The highest BCUT2D eigenvalue weighted by Crippen LogP contribution is 2.24. The minimum atomic E-state index is -0.0832. The van der Waals surface area contributed by atoms with Gasteiger partial charge in [-0.25, -0.2) is 0 Å². The average molecular weight is 429 g/mol. The Morgan fingerprint density at radius 3 is 2.38 bits per heavy atom. The first-order valence-corrected chi connectivity index (χ1v) is 11.7. The second-order valence-corrected chi connectivity index (χ2v) is 9.11. The third-order valence-electron chi connectivity index (χ3n) is 6.98. The lowest BCUT2D eigenvalue weighted by Crippen LogP contribution is -2.68. The van der Waals surface area contributed by atoms with Gasteiger partial charge >= 0.3 is 0 Å². The minimum Gasteiger partial charge on any atom is -0.328 e. The van der Waals surface area contributed by atoms with Crippen LogP contribution in [-0.2, 0) is 17.8 Å². The number of nitrogens with zero attached hydrogens (tertiary/aromatic N) is 2. The fraction of sp³-hybridized carbons (Fsp3) is 0.370. The number of benzene rings is 3. The van der Waals surface area contributed by atoms with E-state index in [0.717, 1.165) is 39.1 Å². The number of carbonyl (C=O) groups excluding carboxylic acids is 1. The monoisotopic (exact) mass is 428 g/mol. The molecule has 3 atom stereocenters. The first kappa shape index (κ1) is 21.1. The Balaban J connectivity index is 1.19. The van der Waals surface area contributed by atoms with Crippen LogP contribution in [0.15, 0.2) is 72.8 Å². The van der Waals surface area contributed by atoms with E-state index in [1.165, 1.54) is 21.9 Å². The zero-order chi connectivity index (χ0) is 21.9. The molecule has 0 saturated carbocycles. The molecule has 0 bridgehead atoms. The van der Waals surface area contributed by atoms with E-state index in [4.69, 9.17) is 0 Å². The molecule has 3 aromatic rings. The summed E-state index contributed by atoms with van der Waals surface area (Å²) in [5.41, 5.74) is 2.60. The summed E-state index contributed by atoms with van der Waals surface area (Å²) in [6, 6.07) is 25.6. The molecule has 2 saturated heterocycles. The molecule has 0 aromatic heterocycles. The van der Waals surface area contributed by atoms with E-state index in [1.807, 2.05) is 0 Å². The van der Waals surface area contributed by atoms with Crippen LogP contribution in [0.3, 0.4) is 0 Å². The molecule has 5 nitrogen and oxygen atoms in total. The van der Waals surface area contributed by atoms with Crippen LogP contribution in [-0.4, -0.2) is 54.2 Å². The molecule has 0 radical (unpaired) electrons. The van der Waals surface area contributed by atoms with Crippen LogP contribution in [0.1, 0.15) is 18.1 Å². The van der Waals surface area contributed by atoms with Crippen molar-refractivity contribution in [2.45, 2.75) is 32.2 Å². The number of fused-ring (bicyclic) bond motifs is 1. The molecule has 166 valence electrons. The maximum absolute atomic E-state index is 13.1. The van der Waals surface area contributed by atoms with Gasteiger partial charge in [-0.1, -0.05) is 72.8 Å². The van der Waals surface area contributed by atoms with Gasteiger partial charge in [0.05, 0.1) is 5.92 Å². The van der Waals surface area contributed by atoms with Gasteiger partial charge in [0.1, 0.15) is 6.29 Å². The van der Waals surface area contributed by atoms with Crippen molar-refractivity contribution in [2.75, 3.05) is 26.2 Å². The third kappa shape index (κ3) is 4.56. The maximum atomic E-state index is 13.1. The number of carbonyl (C=O) groups is 1. The summed E-state index contributed by atoms with van der Waals surface area (Å²) in [6.07, 6.45) is 0.666. The summed E-state index contributed by atoms with van der Waals surface area (Å²) in [7, 11) is 0. The van der Waals surface area contributed by atoms with Crippen molar-refractivity contribution in [3.63, 3.8) is 0 Å². The van der Waals surface area contributed by atoms with Gasteiger partial charge in [0, 0.05) is 38.8 Å². The number of piperazine rings is 1.